The van der Waals surface area contributed by atoms with Crippen LogP contribution in [0.2, 0.25) is 0 Å². The van der Waals surface area contributed by atoms with Crippen LogP contribution in [-0.2, 0) is 4.79 Å². The van der Waals surface area contributed by atoms with E-state index in [0.29, 0.717) is 24.5 Å². The van der Waals surface area contributed by atoms with Crippen molar-refractivity contribution in [3.05, 3.63) is 23.3 Å². The third kappa shape index (κ3) is 3.98. The van der Waals surface area contributed by atoms with Crippen molar-refractivity contribution in [3.8, 4) is 11.5 Å². The van der Waals surface area contributed by atoms with E-state index in [1.54, 1.807) is 7.11 Å². The first-order chi connectivity index (χ1) is 8.04. The molecule has 0 aromatic heterocycles. The molecule has 0 aliphatic rings. The average molecular weight is 238 g/mol. The van der Waals surface area contributed by atoms with Crippen LogP contribution in [0.3, 0.4) is 0 Å². The van der Waals surface area contributed by atoms with E-state index in [1.807, 2.05) is 26.0 Å². The SMILES string of the molecule is COc1cc(C)c(C)cc1OCCCC(=O)O. The van der Waals surface area contributed by atoms with Gasteiger partial charge in [0.05, 0.1) is 13.7 Å². The summed E-state index contributed by atoms with van der Waals surface area (Å²) in [6.07, 6.45) is 0.610. The summed E-state index contributed by atoms with van der Waals surface area (Å²) in [6, 6.07) is 3.83. The van der Waals surface area contributed by atoms with Crippen LogP contribution in [0, 0.1) is 13.8 Å². The minimum Gasteiger partial charge on any atom is -0.493 e. The number of rotatable bonds is 6. The van der Waals surface area contributed by atoms with Crippen molar-refractivity contribution < 1.29 is 19.4 Å². The lowest BCUT2D eigenvalue weighted by Crippen LogP contribution is -2.03. The van der Waals surface area contributed by atoms with Crippen molar-refractivity contribution in [2.75, 3.05) is 13.7 Å². The van der Waals surface area contributed by atoms with Crippen molar-refractivity contribution in [3.63, 3.8) is 0 Å². The number of aliphatic carboxylic acids is 1. The molecule has 94 valence electrons. The standard InChI is InChI=1S/C13H18O4/c1-9-7-11(16-3)12(8-10(9)2)17-6-4-5-13(14)15/h7-8H,4-6H2,1-3H3,(H,14,15). The van der Waals surface area contributed by atoms with E-state index >= 15 is 0 Å². The number of aryl methyl sites for hydroxylation is 2. The normalized spacial score (nSPS) is 10.1. The van der Waals surface area contributed by atoms with Crippen molar-refractivity contribution >= 4 is 5.97 Å². The molecule has 0 unspecified atom stereocenters. The summed E-state index contributed by atoms with van der Waals surface area (Å²) in [6.45, 7) is 4.39. The van der Waals surface area contributed by atoms with Gasteiger partial charge in [0.15, 0.2) is 11.5 Å². The molecular formula is C13H18O4. The van der Waals surface area contributed by atoms with Gasteiger partial charge >= 0.3 is 5.97 Å². The fourth-order valence-electron chi connectivity index (χ4n) is 1.44. The summed E-state index contributed by atoms with van der Waals surface area (Å²) in [7, 11) is 1.59. The van der Waals surface area contributed by atoms with Crippen LogP contribution in [-0.4, -0.2) is 24.8 Å². The molecule has 0 amide bonds. The van der Waals surface area contributed by atoms with E-state index in [0.717, 1.165) is 11.1 Å². The number of carbonyl (C=O) groups is 1. The van der Waals surface area contributed by atoms with Gasteiger partial charge in [-0.1, -0.05) is 0 Å². The molecule has 0 aliphatic carbocycles. The zero-order valence-electron chi connectivity index (χ0n) is 10.4. The van der Waals surface area contributed by atoms with E-state index in [9.17, 15) is 4.79 Å². The summed E-state index contributed by atoms with van der Waals surface area (Å²) in [4.78, 5) is 10.4. The molecule has 4 nitrogen and oxygen atoms in total. The van der Waals surface area contributed by atoms with Crippen LogP contribution >= 0.6 is 0 Å². The topological polar surface area (TPSA) is 55.8 Å². The highest BCUT2D eigenvalue weighted by Crippen LogP contribution is 2.30. The smallest absolute Gasteiger partial charge is 0.303 e. The number of carboxylic acid groups (broad SMARTS) is 1. The monoisotopic (exact) mass is 238 g/mol. The minimum absolute atomic E-state index is 0.118. The van der Waals surface area contributed by atoms with Crippen LogP contribution in [0.25, 0.3) is 0 Å². The van der Waals surface area contributed by atoms with Gasteiger partial charge in [0.25, 0.3) is 0 Å². The summed E-state index contributed by atoms with van der Waals surface area (Å²) in [5.74, 6) is 0.546. The number of carboxylic acids is 1. The first-order valence-electron chi connectivity index (χ1n) is 5.54. The quantitative estimate of drug-likeness (QED) is 0.774. The van der Waals surface area contributed by atoms with Gasteiger partial charge in [-0.05, 0) is 43.5 Å². The maximum atomic E-state index is 10.4. The van der Waals surface area contributed by atoms with E-state index in [-0.39, 0.29) is 6.42 Å². The molecule has 1 N–H and O–H groups in total. The van der Waals surface area contributed by atoms with Crippen LogP contribution in [0.15, 0.2) is 12.1 Å². The molecule has 1 aromatic carbocycles. The lowest BCUT2D eigenvalue weighted by molar-refractivity contribution is -0.137. The number of ether oxygens (including phenoxy) is 2. The van der Waals surface area contributed by atoms with Gasteiger partial charge in [-0.3, -0.25) is 4.79 Å². The highest BCUT2D eigenvalue weighted by Gasteiger charge is 2.07. The Labute approximate surface area is 101 Å². The Morgan fingerprint density at radius 1 is 1.24 bits per heavy atom. The Balaban J connectivity index is 2.63. The molecule has 0 spiro atoms. The molecule has 0 radical (unpaired) electrons. The molecule has 0 saturated heterocycles. The second kappa shape index (κ2) is 6.13. The molecule has 0 atom stereocenters. The van der Waals surface area contributed by atoms with Crippen LogP contribution in [0.1, 0.15) is 24.0 Å². The maximum absolute atomic E-state index is 10.4. The molecule has 17 heavy (non-hydrogen) atoms. The van der Waals surface area contributed by atoms with Crippen molar-refractivity contribution in [2.24, 2.45) is 0 Å². The number of hydrogen-bond acceptors (Lipinski definition) is 3. The number of methoxy groups -OCH3 is 1. The predicted molar refractivity (Wildman–Crippen MR) is 64.8 cm³/mol. The second-order valence-electron chi connectivity index (χ2n) is 3.93. The Morgan fingerprint density at radius 3 is 2.35 bits per heavy atom. The Bertz CT molecular complexity index is 399. The Hall–Kier alpha value is -1.71. The third-order valence-corrected chi connectivity index (χ3v) is 2.57. The molecule has 0 bridgehead atoms. The van der Waals surface area contributed by atoms with Crippen molar-refractivity contribution in [1.29, 1.82) is 0 Å². The van der Waals surface area contributed by atoms with Crippen molar-refractivity contribution in [2.45, 2.75) is 26.7 Å². The first-order valence-corrected chi connectivity index (χ1v) is 5.54. The van der Waals surface area contributed by atoms with Gasteiger partial charge in [0, 0.05) is 6.42 Å². The molecular weight excluding hydrogens is 220 g/mol. The maximum Gasteiger partial charge on any atom is 0.303 e. The summed E-state index contributed by atoms with van der Waals surface area (Å²) < 4.78 is 10.7. The lowest BCUT2D eigenvalue weighted by atomic mass is 10.1. The summed E-state index contributed by atoms with van der Waals surface area (Å²) >= 11 is 0. The van der Waals surface area contributed by atoms with Crippen molar-refractivity contribution in [1.82, 2.24) is 0 Å². The fourth-order valence-corrected chi connectivity index (χ4v) is 1.44. The largest absolute Gasteiger partial charge is 0.493 e. The zero-order chi connectivity index (χ0) is 12.8. The molecule has 1 aromatic rings. The van der Waals surface area contributed by atoms with E-state index < -0.39 is 5.97 Å². The van der Waals surface area contributed by atoms with E-state index in [4.69, 9.17) is 14.6 Å². The highest BCUT2D eigenvalue weighted by atomic mass is 16.5. The minimum atomic E-state index is -0.805. The molecule has 0 aliphatic heterocycles. The molecule has 0 saturated carbocycles. The van der Waals surface area contributed by atoms with E-state index in [1.165, 1.54) is 0 Å². The van der Waals surface area contributed by atoms with Crippen LogP contribution in [0.5, 0.6) is 11.5 Å². The Kier molecular flexibility index (Phi) is 4.82. The van der Waals surface area contributed by atoms with Gasteiger partial charge in [0.2, 0.25) is 0 Å². The Morgan fingerprint density at radius 2 is 1.82 bits per heavy atom. The number of hydrogen-bond donors (Lipinski definition) is 1. The summed E-state index contributed by atoms with van der Waals surface area (Å²) in [5, 5.41) is 8.51. The van der Waals surface area contributed by atoms with Crippen LogP contribution < -0.4 is 9.47 Å². The summed E-state index contributed by atoms with van der Waals surface area (Å²) in [5.41, 5.74) is 2.26. The number of benzene rings is 1. The molecule has 4 heteroatoms. The van der Waals surface area contributed by atoms with Gasteiger partial charge in [-0.2, -0.15) is 0 Å². The first kappa shape index (κ1) is 13.4. The third-order valence-electron chi connectivity index (χ3n) is 2.57. The van der Waals surface area contributed by atoms with Gasteiger partial charge < -0.3 is 14.6 Å². The predicted octanol–water partition coefficient (Wildman–Crippen LogP) is 2.56. The molecule has 1 rings (SSSR count). The van der Waals surface area contributed by atoms with E-state index in [2.05, 4.69) is 0 Å². The lowest BCUT2D eigenvalue weighted by Gasteiger charge is -2.12. The van der Waals surface area contributed by atoms with Gasteiger partial charge in [-0.25, -0.2) is 0 Å². The molecule has 0 heterocycles. The second-order valence-corrected chi connectivity index (χ2v) is 3.93. The van der Waals surface area contributed by atoms with Gasteiger partial charge in [-0.15, -0.1) is 0 Å². The zero-order valence-corrected chi connectivity index (χ0v) is 10.4. The van der Waals surface area contributed by atoms with Crippen LogP contribution in [0.4, 0.5) is 0 Å². The fraction of sp³-hybridized carbons (Fsp3) is 0.462. The van der Waals surface area contributed by atoms with Gasteiger partial charge in [0.1, 0.15) is 0 Å². The average Bonchev–Trinajstić information content (AvgIpc) is 2.28. The molecule has 0 fully saturated rings. The highest BCUT2D eigenvalue weighted by molar-refractivity contribution is 5.66.